The van der Waals surface area contributed by atoms with Crippen LogP contribution in [0, 0.1) is 0 Å². The number of carboxylic acids is 1. The molecular weight excluding hydrogens is 336 g/mol. The third kappa shape index (κ3) is 2.97. The molecule has 0 atom stereocenters. The average Bonchev–Trinajstić information content (AvgIpc) is 2.39. The number of benzene rings is 1. The van der Waals surface area contributed by atoms with E-state index >= 15 is 0 Å². The zero-order valence-electron chi connectivity index (χ0n) is 9.97. The largest absolute Gasteiger partial charge is 0.478 e. The summed E-state index contributed by atoms with van der Waals surface area (Å²) in [6.07, 6.45) is 0. The minimum atomic E-state index is -3.67. The molecule has 1 aliphatic heterocycles. The van der Waals surface area contributed by atoms with Crippen molar-refractivity contribution in [1.29, 1.82) is 0 Å². The topological polar surface area (TPSA) is 86.7 Å². The number of rotatable bonds is 3. The Morgan fingerprint density at radius 3 is 2.53 bits per heavy atom. The first-order valence-electron chi connectivity index (χ1n) is 5.66. The number of nitrogens with zero attached hydrogens (tertiary/aromatic N) is 1. The molecule has 1 aromatic carbocycles. The molecule has 0 saturated carbocycles. The van der Waals surface area contributed by atoms with E-state index in [0.29, 0.717) is 30.7 Å². The number of hydrogen-bond donors (Lipinski definition) is 2. The van der Waals surface area contributed by atoms with Gasteiger partial charge in [-0.3, -0.25) is 0 Å². The average molecular weight is 349 g/mol. The summed E-state index contributed by atoms with van der Waals surface area (Å²) in [4.78, 5) is 10.9. The van der Waals surface area contributed by atoms with E-state index in [9.17, 15) is 13.2 Å². The maximum atomic E-state index is 12.5. The summed E-state index contributed by atoms with van der Waals surface area (Å²) in [5.41, 5.74) is -0.0445. The molecule has 0 radical (unpaired) electrons. The molecule has 1 fully saturated rings. The Hall–Kier alpha value is -0.960. The second-order valence-electron chi connectivity index (χ2n) is 4.10. The molecule has 0 aliphatic carbocycles. The van der Waals surface area contributed by atoms with Gasteiger partial charge in [0, 0.05) is 30.7 Å². The monoisotopic (exact) mass is 348 g/mol. The lowest BCUT2D eigenvalue weighted by molar-refractivity contribution is 0.0696. The maximum Gasteiger partial charge on any atom is 0.335 e. The lowest BCUT2D eigenvalue weighted by Gasteiger charge is -2.27. The highest BCUT2D eigenvalue weighted by Gasteiger charge is 2.28. The zero-order valence-corrected chi connectivity index (χ0v) is 12.4. The molecule has 0 aromatic heterocycles. The summed E-state index contributed by atoms with van der Waals surface area (Å²) in [5.74, 6) is -1.15. The van der Waals surface area contributed by atoms with Crippen LogP contribution >= 0.6 is 15.9 Å². The third-order valence-corrected chi connectivity index (χ3v) is 5.76. The van der Waals surface area contributed by atoms with Crippen molar-refractivity contribution in [3.63, 3.8) is 0 Å². The zero-order chi connectivity index (χ0) is 14.0. The number of halogens is 1. The van der Waals surface area contributed by atoms with Crippen molar-refractivity contribution in [2.24, 2.45) is 0 Å². The Kier molecular flexibility index (Phi) is 4.24. The fourth-order valence-corrected chi connectivity index (χ4v) is 4.25. The van der Waals surface area contributed by atoms with E-state index in [2.05, 4.69) is 21.2 Å². The molecule has 2 N–H and O–H groups in total. The summed E-state index contributed by atoms with van der Waals surface area (Å²) in [6, 6.07) is 3.99. The molecule has 0 unspecified atom stereocenters. The molecule has 8 heteroatoms. The van der Waals surface area contributed by atoms with Crippen LogP contribution in [0.15, 0.2) is 27.6 Å². The molecular formula is C11H13BrN2O4S. The normalized spacial score (nSPS) is 17.3. The molecule has 0 spiro atoms. The SMILES string of the molecule is O=C(O)c1ccc(Br)c(S(=O)(=O)N2CCNCC2)c1. The van der Waals surface area contributed by atoms with Crippen molar-refractivity contribution in [3.05, 3.63) is 28.2 Å². The number of nitrogens with one attached hydrogen (secondary N) is 1. The van der Waals surface area contributed by atoms with Gasteiger partial charge in [-0.25, -0.2) is 13.2 Å². The summed E-state index contributed by atoms with van der Waals surface area (Å²) < 4.78 is 26.6. The van der Waals surface area contributed by atoms with Gasteiger partial charge in [0.05, 0.1) is 10.5 Å². The minimum Gasteiger partial charge on any atom is -0.478 e. The number of sulfonamides is 1. The fraction of sp³-hybridized carbons (Fsp3) is 0.364. The van der Waals surface area contributed by atoms with Gasteiger partial charge in [0.15, 0.2) is 0 Å². The van der Waals surface area contributed by atoms with Gasteiger partial charge in [-0.1, -0.05) is 0 Å². The quantitative estimate of drug-likeness (QED) is 0.841. The smallest absolute Gasteiger partial charge is 0.335 e. The first kappa shape index (κ1) is 14.4. The van der Waals surface area contributed by atoms with Gasteiger partial charge in [0.25, 0.3) is 0 Å². The predicted molar refractivity (Wildman–Crippen MR) is 72.7 cm³/mol. The van der Waals surface area contributed by atoms with Crippen molar-refractivity contribution >= 4 is 31.9 Å². The second-order valence-corrected chi connectivity index (χ2v) is 6.87. The van der Waals surface area contributed by atoms with Gasteiger partial charge in [-0.2, -0.15) is 4.31 Å². The molecule has 6 nitrogen and oxygen atoms in total. The van der Waals surface area contributed by atoms with Crippen molar-refractivity contribution in [1.82, 2.24) is 9.62 Å². The molecule has 0 amide bonds. The molecule has 1 aliphatic rings. The lowest BCUT2D eigenvalue weighted by atomic mass is 10.2. The molecule has 1 heterocycles. The minimum absolute atomic E-state index is 0.00528. The van der Waals surface area contributed by atoms with Crippen molar-refractivity contribution in [2.75, 3.05) is 26.2 Å². The van der Waals surface area contributed by atoms with Crippen LogP contribution in [0.5, 0.6) is 0 Å². The van der Waals surface area contributed by atoms with Crippen LogP contribution in [0.1, 0.15) is 10.4 Å². The summed E-state index contributed by atoms with van der Waals surface area (Å²) in [6.45, 7) is 1.95. The van der Waals surface area contributed by atoms with Gasteiger partial charge in [0.2, 0.25) is 10.0 Å². The molecule has 2 rings (SSSR count). The maximum absolute atomic E-state index is 12.5. The Bertz CT molecular complexity index is 597. The van der Waals surface area contributed by atoms with Crippen LogP contribution in [0.3, 0.4) is 0 Å². The number of aromatic carboxylic acids is 1. The van der Waals surface area contributed by atoms with Crippen LogP contribution in [-0.4, -0.2) is 50.0 Å². The van der Waals surface area contributed by atoms with Crippen molar-refractivity contribution < 1.29 is 18.3 Å². The number of piperazine rings is 1. The van der Waals surface area contributed by atoms with E-state index in [1.807, 2.05) is 0 Å². The van der Waals surface area contributed by atoms with Crippen LogP contribution in [0.4, 0.5) is 0 Å². The predicted octanol–water partition coefficient (Wildman–Crippen LogP) is 0.741. The molecule has 1 aromatic rings. The Morgan fingerprint density at radius 2 is 1.95 bits per heavy atom. The van der Waals surface area contributed by atoms with Gasteiger partial charge in [-0.05, 0) is 34.1 Å². The van der Waals surface area contributed by atoms with Gasteiger partial charge in [-0.15, -0.1) is 0 Å². The van der Waals surface area contributed by atoms with E-state index in [1.54, 1.807) is 0 Å². The summed E-state index contributed by atoms with van der Waals surface area (Å²) >= 11 is 3.17. The number of carboxylic acid groups (broad SMARTS) is 1. The standard InChI is InChI=1S/C11H13BrN2O4S/c12-9-2-1-8(11(15)16)7-10(9)19(17,18)14-5-3-13-4-6-14/h1-2,7,13H,3-6H2,(H,15,16). The van der Waals surface area contributed by atoms with E-state index in [-0.39, 0.29) is 10.5 Å². The van der Waals surface area contributed by atoms with E-state index < -0.39 is 16.0 Å². The number of carbonyl (C=O) groups is 1. The van der Waals surface area contributed by atoms with E-state index in [4.69, 9.17) is 5.11 Å². The van der Waals surface area contributed by atoms with Gasteiger partial charge >= 0.3 is 5.97 Å². The van der Waals surface area contributed by atoms with E-state index in [1.165, 1.54) is 22.5 Å². The molecule has 1 saturated heterocycles. The van der Waals surface area contributed by atoms with Gasteiger partial charge in [0.1, 0.15) is 0 Å². The Morgan fingerprint density at radius 1 is 1.32 bits per heavy atom. The Balaban J connectivity index is 2.44. The molecule has 19 heavy (non-hydrogen) atoms. The van der Waals surface area contributed by atoms with Crippen LogP contribution < -0.4 is 5.32 Å². The third-order valence-electron chi connectivity index (χ3n) is 2.87. The van der Waals surface area contributed by atoms with Crippen LogP contribution in [-0.2, 0) is 10.0 Å². The highest BCUT2D eigenvalue weighted by molar-refractivity contribution is 9.10. The first-order valence-corrected chi connectivity index (χ1v) is 7.90. The highest BCUT2D eigenvalue weighted by Crippen LogP contribution is 2.26. The molecule has 0 bridgehead atoms. The van der Waals surface area contributed by atoms with Crippen molar-refractivity contribution in [3.8, 4) is 0 Å². The molecule has 104 valence electrons. The lowest BCUT2D eigenvalue weighted by Crippen LogP contribution is -2.46. The fourth-order valence-electron chi connectivity index (χ4n) is 1.86. The van der Waals surface area contributed by atoms with Crippen molar-refractivity contribution in [2.45, 2.75) is 4.90 Å². The van der Waals surface area contributed by atoms with Crippen LogP contribution in [0.25, 0.3) is 0 Å². The highest BCUT2D eigenvalue weighted by atomic mass is 79.9. The second kappa shape index (κ2) is 5.58. The summed E-state index contributed by atoms with van der Waals surface area (Å²) in [5, 5.41) is 12.0. The number of hydrogen-bond acceptors (Lipinski definition) is 4. The summed E-state index contributed by atoms with van der Waals surface area (Å²) in [7, 11) is -3.67. The van der Waals surface area contributed by atoms with E-state index in [0.717, 1.165) is 0 Å². The first-order chi connectivity index (χ1) is 8.93. The Labute approximate surface area is 119 Å². The van der Waals surface area contributed by atoms with Gasteiger partial charge < -0.3 is 10.4 Å². The van der Waals surface area contributed by atoms with Crippen LogP contribution in [0.2, 0.25) is 0 Å².